The summed E-state index contributed by atoms with van der Waals surface area (Å²) in [4.78, 5) is 37.7. The number of nitrogens with zero attached hydrogens (tertiary/aromatic N) is 1. The molecule has 0 saturated carbocycles. The van der Waals surface area contributed by atoms with Crippen molar-refractivity contribution in [1.29, 1.82) is 0 Å². The van der Waals surface area contributed by atoms with Gasteiger partial charge in [0.15, 0.2) is 0 Å². The van der Waals surface area contributed by atoms with Gasteiger partial charge in [-0.2, -0.15) is 0 Å². The predicted octanol–water partition coefficient (Wildman–Crippen LogP) is 1.78. The molecule has 1 aromatic carbocycles. The van der Waals surface area contributed by atoms with Crippen LogP contribution in [0.4, 0.5) is 4.39 Å². The third-order valence-corrected chi connectivity index (χ3v) is 4.56. The second-order valence-electron chi connectivity index (χ2n) is 6.14. The van der Waals surface area contributed by atoms with Crippen LogP contribution in [0.2, 0.25) is 0 Å². The quantitative estimate of drug-likeness (QED) is 0.661. The summed E-state index contributed by atoms with van der Waals surface area (Å²) < 4.78 is 12.8. The van der Waals surface area contributed by atoms with Crippen LogP contribution >= 0.6 is 0 Å². The number of fused-ring (bicyclic) bond motifs is 1. The van der Waals surface area contributed by atoms with Gasteiger partial charge >= 0.3 is 0 Å². The zero-order valence-electron chi connectivity index (χ0n) is 13.2. The molecule has 24 heavy (non-hydrogen) atoms. The zero-order valence-corrected chi connectivity index (χ0v) is 13.2. The van der Waals surface area contributed by atoms with Gasteiger partial charge in [-0.3, -0.25) is 19.3 Å². The SMILES string of the molecule is O=C(CCN1C(=O)[C@H]2CC=CC[C@@H]2C1=O)NCc1ccc(F)cc1. The van der Waals surface area contributed by atoms with E-state index in [2.05, 4.69) is 5.32 Å². The summed E-state index contributed by atoms with van der Waals surface area (Å²) in [6.07, 6.45) is 5.15. The average molecular weight is 330 g/mol. The maximum Gasteiger partial charge on any atom is 0.233 e. The Morgan fingerprint density at radius 3 is 2.25 bits per heavy atom. The fourth-order valence-electron chi connectivity index (χ4n) is 3.19. The van der Waals surface area contributed by atoms with Crippen LogP contribution in [-0.2, 0) is 20.9 Å². The molecule has 1 aliphatic heterocycles. The molecule has 0 unspecified atom stereocenters. The van der Waals surface area contributed by atoms with Gasteiger partial charge in [-0.15, -0.1) is 0 Å². The molecule has 2 aliphatic rings. The first-order valence-corrected chi connectivity index (χ1v) is 8.07. The first kappa shape index (κ1) is 16.4. The highest BCUT2D eigenvalue weighted by atomic mass is 19.1. The van der Waals surface area contributed by atoms with Crippen molar-refractivity contribution < 1.29 is 18.8 Å². The molecule has 1 aromatic rings. The zero-order chi connectivity index (χ0) is 17.1. The Morgan fingerprint density at radius 2 is 1.67 bits per heavy atom. The van der Waals surface area contributed by atoms with Crippen LogP contribution in [-0.4, -0.2) is 29.2 Å². The Labute approximate surface area is 139 Å². The lowest BCUT2D eigenvalue weighted by atomic mass is 9.85. The minimum absolute atomic E-state index is 0.0749. The van der Waals surface area contributed by atoms with Gasteiger partial charge in [-0.05, 0) is 30.5 Å². The molecule has 2 atom stereocenters. The Balaban J connectivity index is 1.48. The van der Waals surface area contributed by atoms with Crippen molar-refractivity contribution >= 4 is 17.7 Å². The summed E-state index contributed by atoms with van der Waals surface area (Å²) in [6, 6.07) is 5.86. The number of benzene rings is 1. The number of hydrogen-bond acceptors (Lipinski definition) is 3. The summed E-state index contributed by atoms with van der Waals surface area (Å²) in [5.74, 6) is -1.42. The van der Waals surface area contributed by atoms with E-state index >= 15 is 0 Å². The molecule has 1 aliphatic carbocycles. The standard InChI is InChI=1S/C18H19FN2O3/c19-13-7-5-12(6-8-13)11-20-16(22)9-10-21-17(23)14-3-1-2-4-15(14)18(21)24/h1-2,5-8,14-15H,3-4,9-11H2,(H,20,22)/t14-,15-/m0/s1. The fourth-order valence-corrected chi connectivity index (χ4v) is 3.19. The van der Waals surface area contributed by atoms with Crippen LogP contribution in [0.25, 0.3) is 0 Å². The van der Waals surface area contributed by atoms with Gasteiger partial charge in [0.2, 0.25) is 17.7 Å². The summed E-state index contributed by atoms with van der Waals surface area (Å²) in [5.41, 5.74) is 0.787. The van der Waals surface area contributed by atoms with E-state index in [-0.39, 0.29) is 54.9 Å². The third-order valence-electron chi connectivity index (χ3n) is 4.56. The Morgan fingerprint density at radius 1 is 1.08 bits per heavy atom. The number of allylic oxidation sites excluding steroid dienone is 2. The minimum Gasteiger partial charge on any atom is -0.352 e. The normalized spacial score (nSPS) is 22.6. The molecule has 1 fully saturated rings. The summed E-state index contributed by atoms with van der Waals surface area (Å²) in [6.45, 7) is 0.399. The minimum atomic E-state index is -0.327. The average Bonchev–Trinajstić information content (AvgIpc) is 2.84. The number of amides is 3. The van der Waals surface area contributed by atoms with E-state index in [0.717, 1.165) is 5.56 Å². The Kier molecular flexibility index (Phi) is 4.74. The number of likely N-dealkylation sites (tertiary alicyclic amines) is 1. The molecule has 0 radical (unpaired) electrons. The van der Waals surface area contributed by atoms with Crippen LogP contribution in [0.15, 0.2) is 36.4 Å². The van der Waals surface area contributed by atoms with E-state index < -0.39 is 0 Å². The van der Waals surface area contributed by atoms with Gasteiger partial charge in [0.05, 0.1) is 11.8 Å². The van der Waals surface area contributed by atoms with Crippen molar-refractivity contribution in [2.45, 2.75) is 25.8 Å². The largest absolute Gasteiger partial charge is 0.352 e. The van der Waals surface area contributed by atoms with Crippen LogP contribution < -0.4 is 5.32 Å². The number of nitrogens with one attached hydrogen (secondary N) is 1. The number of hydrogen-bond donors (Lipinski definition) is 1. The fraction of sp³-hybridized carbons (Fsp3) is 0.389. The van der Waals surface area contributed by atoms with Crippen molar-refractivity contribution in [1.82, 2.24) is 10.2 Å². The molecule has 0 bridgehead atoms. The van der Waals surface area contributed by atoms with Gasteiger partial charge in [0.1, 0.15) is 5.82 Å². The van der Waals surface area contributed by atoms with Crippen LogP contribution in [0.5, 0.6) is 0 Å². The molecule has 0 spiro atoms. The highest BCUT2D eigenvalue weighted by Crippen LogP contribution is 2.34. The van der Waals surface area contributed by atoms with E-state index in [1.165, 1.54) is 17.0 Å². The smallest absolute Gasteiger partial charge is 0.233 e. The van der Waals surface area contributed by atoms with Gasteiger partial charge in [0.25, 0.3) is 0 Å². The van der Waals surface area contributed by atoms with Crippen LogP contribution in [0, 0.1) is 17.7 Å². The van der Waals surface area contributed by atoms with Crippen molar-refractivity contribution in [3.05, 3.63) is 47.8 Å². The van der Waals surface area contributed by atoms with Crippen molar-refractivity contribution in [3.63, 3.8) is 0 Å². The molecule has 0 aromatic heterocycles. The molecule has 126 valence electrons. The topological polar surface area (TPSA) is 66.5 Å². The van der Waals surface area contributed by atoms with Gasteiger partial charge in [0, 0.05) is 19.5 Å². The second kappa shape index (κ2) is 6.95. The molecule has 1 saturated heterocycles. The summed E-state index contributed by atoms with van der Waals surface area (Å²) >= 11 is 0. The highest BCUT2D eigenvalue weighted by Gasteiger charge is 2.46. The maximum atomic E-state index is 12.8. The first-order valence-electron chi connectivity index (χ1n) is 8.07. The molecule has 6 heteroatoms. The number of halogens is 1. The molecule has 3 rings (SSSR count). The van der Waals surface area contributed by atoms with E-state index in [1.807, 2.05) is 12.2 Å². The number of imide groups is 1. The monoisotopic (exact) mass is 330 g/mol. The van der Waals surface area contributed by atoms with Crippen molar-refractivity contribution in [2.75, 3.05) is 6.54 Å². The second-order valence-corrected chi connectivity index (χ2v) is 6.14. The van der Waals surface area contributed by atoms with Crippen LogP contribution in [0.1, 0.15) is 24.8 Å². The van der Waals surface area contributed by atoms with Crippen molar-refractivity contribution in [2.24, 2.45) is 11.8 Å². The lowest BCUT2D eigenvalue weighted by Crippen LogP contribution is -2.35. The molecule has 5 nitrogen and oxygen atoms in total. The molecule has 3 amide bonds. The van der Waals surface area contributed by atoms with E-state index in [4.69, 9.17) is 0 Å². The number of carbonyl (C=O) groups is 3. The first-order chi connectivity index (χ1) is 11.6. The number of rotatable bonds is 5. The molecule has 1 N–H and O–H groups in total. The highest BCUT2D eigenvalue weighted by molar-refractivity contribution is 6.05. The van der Waals surface area contributed by atoms with E-state index in [9.17, 15) is 18.8 Å². The lowest BCUT2D eigenvalue weighted by molar-refractivity contribution is -0.140. The third kappa shape index (κ3) is 3.37. The van der Waals surface area contributed by atoms with Gasteiger partial charge in [-0.1, -0.05) is 24.3 Å². The number of carbonyl (C=O) groups excluding carboxylic acids is 3. The van der Waals surface area contributed by atoms with Gasteiger partial charge in [-0.25, -0.2) is 4.39 Å². The van der Waals surface area contributed by atoms with Crippen LogP contribution in [0.3, 0.4) is 0 Å². The summed E-state index contributed by atoms with van der Waals surface area (Å²) in [7, 11) is 0. The summed E-state index contributed by atoms with van der Waals surface area (Å²) in [5, 5.41) is 2.71. The van der Waals surface area contributed by atoms with E-state index in [0.29, 0.717) is 12.8 Å². The van der Waals surface area contributed by atoms with Gasteiger partial charge < -0.3 is 5.32 Å². The molecule has 1 heterocycles. The predicted molar refractivity (Wildman–Crippen MR) is 84.9 cm³/mol. The Hall–Kier alpha value is -2.50. The molecular weight excluding hydrogens is 311 g/mol. The lowest BCUT2D eigenvalue weighted by Gasteiger charge is -2.14. The van der Waals surface area contributed by atoms with Crippen molar-refractivity contribution in [3.8, 4) is 0 Å². The maximum absolute atomic E-state index is 12.8. The Bertz CT molecular complexity index is 658. The molecular formula is C18H19FN2O3. The van der Waals surface area contributed by atoms with E-state index in [1.54, 1.807) is 12.1 Å².